The third-order valence-electron chi connectivity index (χ3n) is 6.37. The molecule has 4 aromatic rings. The molecule has 34 heavy (non-hydrogen) atoms. The molecule has 1 aliphatic heterocycles. The highest BCUT2D eigenvalue weighted by Crippen LogP contribution is 2.24. The molecule has 2 aromatic carbocycles. The first-order valence-corrected chi connectivity index (χ1v) is 11.3. The van der Waals surface area contributed by atoms with Gasteiger partial charge in [-0.05, 0) is 80.7 Å². The maximum absolute atomic E-state index is 12.9. The minimum atomic E-state index is 0.0434. The average molecular weight is 457 g/mol. The van der Waals surface area contributed by atoms with Crippen LogP contribution < -0.4 is 10.1 Å². The van der Waals surface area contributed by atoms with Crippen LogP contribution in [0.2, 0.25) is 0 Å². The molecule has 8 heteroatoms. The van der Waals surface area contributed by atoms with Gasteiger partial charge in [0.25, 0.3) is 5.91 Å². The van der Waals surface area contributed by atoms with Crippen LogP contribution in [0.3, 0.4) is 0 Å². The van der Waals surface area contributed by atoms with E-state index in [0.29, 0.717) is 11.5 Å². The molecular formula is C26H28N6O2. The molecule has 0 aliphatic carbocycles. The summed E-state index contributed by atoms with van der Waals surface area (Å²) in [7, 11) is 5.63. The van der Waals surface area contributed by atoms with Crippen molar-refractivity contribution in [1.82, 2.24) is 24.4 Å². The van der Waals surface area contributed by atoms with Gasteiger partial charge in [-0.3, -0.25) is 4.79 Å². The molecule has 5 rings (SSSR count). The molecular weight excluding hydrogens is 428 g/mol. The zero-order chi connectivity index (χ0) is 23.7. The van der Waals surface area contributed by atoms with E-state index in [4.69, 9.17) is 4.74 Å². The summed E-state index contributed by atoms with van der Waals surface area (Å²) in [5, 5.41) is 7.91. The fourth-order valence-electron chi connectivity index (χ4n) is 4.36. The molecule has 1 amide bonds. The molecule has 8 nitrogen and oxygen atoms in total. The van der Waals surface area contributed by atoms with Gasteiger partial charge >= 0.3 is 0 Å². The van der Waals surface area contributed by atoms with E-state index in [1.807, 2.05) is 83.2 Å². The SMILES string of the molecule is COc1ccc(-c2cccc3nc(Nc4ccc(C(=O)N(C)C5CCN(C)C5)cc4)nn23)cc1. The third kappa shape index (κ3) is 4.32. The number of fused-ring (bicyclic) bond motifs is 1. The normalized spacial score (nSPS) is 16.0. The zero-order valence-corrected chi connectivity index (χ0v) is 19.6. The van der Waals surface area contributed by atoms with Crippen LogP contribution in [0.25, 0.3) is 16.9 Å². The summed E-state index contributed by atoms with van der Waals surface area (Å²) in [5.74, 6) is 1.34. The number of ether oxygens (including phenoxy) is 1. The number of amides is 1. The Morgan fingerprint density at radius 3 is 2.53 bits per heavy atom. The lowest BCUT2D eigenvalue weighted by Crippen LogP contribution is -2.38. The fourth-order valence-corrected chi connectivity index (χ4v) is 4.36. The Kier molecular flexibility index (Phi) is 5.90. The Labute approximate surface area is 198 Å². The van der Waals surface area contributed by atoms with E-state index < -0.39 is 0 Å². The Bertz CT molecular complexity index is 1300. The molecule has 1 fully saturated rings. The maximum Gasteiger partial charge on any atom is 0.253 e. The largest absolute Gasteiger partial charge is 0.497 e. The number of rotatable bonds is 6. The topological polar surface area (TPSA) is 75.0 Å². The predicted molar refractivity (Wildman–Crippen MR) is 133 cm³/mol. The van der Waals surface area contributed by atoms with Crippen LogP contribution in [-0.4, -0.2) is 70.6 Å². The summed E-state index contributed by atoms with van der Waals surface area (Å²) in [6.07, 6.45) is 1.01. The Balaban J connectivity index is 1.33. The number of carbonyl (C=O) groups excluding carboxylic acids is 1. The Morgan fingerprint density at radius 2 is 1.85 bits per heavy atom. The number of nitrogens with zero attached hydrogens (tertiary/aromatic N) is 5. The summed E-state index contributed by atoms with van der Waals surface area (Å²) in [5.41, 5.74) is 4.19. The van der Waals surface area contributed by atoms with Crippen LogP contribution in [0.15, 0.2) is 66.7 Å². The maximum atomic E-state index is 12.9. The van der Waals surface area contributed by atoms with Crippen LogP contribution in [0, 0.1) is 0 Å². The van der Waals surface area contributed by atoms with E-state index in [9.17, 15) is 4.79 Å². The number of anilines is 2. The summed E-state index contributed by atoms with van der Waals surface area (Å²) in [6, 6.07) is 21.5. The molecule has 1 saturated heterocycles. The lowest BCUT2D eigenvalue weighted by Gasteiger charge is -2.24. The smallest absolute Gasteiger partial charge is 0.253 e. The second-order valence-corrected chi connectivity index (χ2v) is 8.67. The summed E-state index contributed by atoms with van der Waals surface area (Å²) in [6.45, 7) is 1.94. The van der Waals surface area contributed by atoms with Gasteiger partial charge in [0.1, 0.15) is 5.75 Å². The van der Waals surface area contributed by atoms with Gasteiger partial charge in [-0.25, -0.2) is 4.52 Å². The number of hydrogen-bond acceptors (Lipinski definition) is 6. The van der Waals surface area contributed by atoms with Gasteiger partial charge in [-0.15, -0.1) is 5.10 Å². The van der Waals surface area contributed by atoms with Gasteiger partial charge in [-0.2, -0.15) is 4.98 Å². The van der Waals surface area contributed by atoms with E-state index in [2.05, 4.69) is 27.3 Å². The number of hydrogen-bond donors (Lipinski definition) is 1. The van der Waals surface area contributed by atoms with Crippen molar-refractivity contribution in [2.75, 3.05) is 39.6 Å². The van der Waals surface area contributed by atoms with Gasteiger partial charge in [0.15, 0.2) is 5.65 Å². The van der Waals surface area contributed by atoms with Crippen molar-refractivity contribution < 1.29 is 9.53 Å². The molecule has 3 heterocycles. The summed E-state index contributed by atoms with van der Waals surface area (Å²) >= 11 is 0. The first kappa shape index (κ1) is 21.9. The summed E-state index contributed by atoms with van der Waals surface area (Å²) in [4.78, 5) is 21.6. The van der Waals surface area contributed by atoms with E-state index in [1.54, 1.807) is 7.11 Å². The highest BCUT2D eigenvalue weighted by atomic mass is 16.5. The van der Waals surface area contributed by atoms with Crippen LogP contribution in [-0.2, 0) is 0 Å². The van der Waals surface area contributed by atoms with Crippen molar-refractivity contribution in [2.45, 2.75) is 12.5 Å². The second kappa shape index (κ2) is 9.15. The van der Waals surface area contributed by atoms with Crippen molar-refractivity contribution >= 4 is 23.2 Å². The van der Waals surface area contributed by atoms with Crippen molar-refractivity contribution in [3.63, 3.8) is 0 Å². The number of pyridine rings is 1. The average Bonchev–Trinajstić information content (AvgIpc) is 3.49. The molecule has 0 bridgehead atoms. The fraction of sp³-hybridized carbons (Fsp3) is 0.269. The Morgan fingerprint density at radius 1 is 1.09 bits per heavy atom. The summed E-state index contributed by atoms with van der Waals surface area (Å²) < 4.78 is 7.07. The van der Waals surface area contributed by atoms with Crippen LogP contribution >= 0.6 is 0 Å². The molecule has 0 spiro atoms. The molecule has 1 unspecified atom stereocenters. The molecule has 2 aromatic heterocycles. The highest BCUT2D eigenvalue weighted by molar-refractivity contribution is 5.94. The van der Waals surface area contributed by atoms with Crippen molar-refractivity contribution in [2.24, 2.45) is 0 Å². The standard InChI is InChI=1S/C26H28N6O2/c1-30-16-15-21(17-30)31(2)25(33)19-7-11-20(12-8-19)27-26-28-24-6-4-5-23(32(24)29-26)18-9-13-22(34-3)14-10-18/h4-14,21H,15-17H2,1-3H3,(H,27,29). The highest BCUT2D eigenvalue weighted by Gasteiger charge is 2.26. The van der Waals surface area contributed by atoms with E-state index >= 15 is 0 Å². The quantitative estimate of drug-likeness (QED) is 0.474. The van der Waals surface area contributed by atoms with E-state index in [0.717, 1.165) is 47.9 Å². The van der Waals surface area contributed by atoms with Gasteiger partial charge in [-0.1, -0.05) is 6.07 Å². The number of likely N-dealkylation sites (N-methyl/N-ethyl adjacent to an activating group) is 2. The first-order chi connectivity index (χ1) is 16.5. The molecule has 0 radical (unpaired) electrons. The number of benzene rings is 2. The van der Waals surface area contributed by atoms with E-state index in [1.165, 1.54) is 0 Å². The van der Waals surface area contributed by atoms with Crippen molar-refractivity contribution in [3.05, 3.63) is 72.3 Å². The molecule has 1 atom stereocenters. The minimum absolute atomic E-state index is 0.0434. The predicted octanol–water partition coefficient (Wildman–Crippen LogP) is 3.92. The number of carbonyl (C=O) groups is 1. The molecule has 1 aliphatic rings. The van der Waals surface area contributed by atoms with Crippen LogP contribution in [0.4, 0.5) is 11.6 Å². The van der Waals surface area contributed by atoms with Gasteiger partial charge in [0, 0.05) is 36.4 Å². The number of nitrogens with one attached hydrogen (secondary N) is 1. The number of methoxy groups -OCH3 is 1. The van der Waals surface area contributed by atoms with Crippen LogP contribution in [0.5, 0.6) is 5.75 Å². The lowest BCUT2D eigenvalue weighted by atomic mass is 10.1. The molecule has 1 N–H and O–H groups in total. The van der Waals surface area contributed by atoms with Gasteiger partial charge in [0.2, 0.25) is 5.95 Å². The second-order valence-electron chi connectivity index (χ2n) is 8.67. The van der Waals surface area contributed by atoms with E-state index in [-0.39, 0.29) is 11.9 Å². The van der Waals surface area contributed by atoms with Crippen molar-refractivity contribution in [1.29, 1.82) is 0 Å². The minimum Gasteiger partial charge on any atom is -0.497 e. The number of likely N-dealkylation sites (tertiary alicyclic amines) is 1. The van der Waals surface area contributed by atoms with Gasteiger partial charge < -0.3 is 19.9 Å². The monoisotopic (exact) mass is 456 g/mol. The number of aromatic nitrogens is 3. The van der Waals surface area contributed by atoms with Crippen LogP contribution in [0.1, 0.15) is 16.8 Å². The Hall–Kier alpha value is -3.91. The van der Waals surface area contributed by atoms with Crippen molar-refractivity contribution in [3.8, 4) is 17.0 Å². The molecule has 0 saturated carbocycles. The molecule has 174 valence electrons. The third-order valence-corrected chi connectivity index (χ3v) is 6.37. The van der Waals surface area contributed by atoms with Gasteiger partial charge in [0.05, 0.1) is 12.8 Å². The zero-order valence-electron chi connectivity index (χ0n) is 19.6. The first-order valence-electron chi connectivity index (χ1n) is 11.3. The lowest BCUT2D eigenvalue weighted by molar-refractivity contribution is 0.0737.